The van der Waals surface area contributed by atoms with E-state index < -0.39 is 0 Å². The summed E-state index contributed by atoms with van der Waals surface area (Å²) in [5.41, 5.74) is 4.47. The zero-order valence-corrected chi connectivity index (χ0v) is 14.5. The van der Waals surface area contributed by atoms with Crippen LogP contribution in [-0.2, 0) is 4.79 Å². The number of nitrogens with zero attached hydrogens (tertiary/aromatic N) is 1. The van der Waals surface area contributed by atoms with Crippen LogP contribution in [0.5, 0.6) is 0 Å². The molecule has 0 unspecified atom stereocenters. The first-order valence-corrected chi connectivity index (χ1v) is 8.63. The third kappa shape index (κ3) is 3.95. The molecule has 1 saturated heterocycles. The lowest BCUT2D eigenvalue weighted by molar-refractivity contribution is -0.892. The Hall–Kier alpha value is -2.33. The summed E-state index contributed by atoms with van der Waals surface area (Å²) < 4.78 is 0. The molecule has 1 aliphatic heterocycles. The van der Waals surface area contributed by atoms with E-state index in [0.29, 0.717) is 6.54 Å². The number of quaternary nitrogens is 1. The predicted molar refractivity (Wildman–Crippen MR) is 98.8 cm³/mol. The normalized spacial score (nSPS) is 15.3. The van der Waals surface area contributed by atoms with Crippen LogP contribution in [0.25, 0.3) is 0 Å². The van der Waals surface area contributed by atoms with Gasteiger partial charge in [-0.05, 0) is 37.1 Å². The van der Waals surface area contributed by atoms with Gasteiger partial charge in [0.15, 0.2) is 6.54 Å². The Morgan fingerprint density at radius 1 is 1.00 bits per heavy atom. The number of nitrogens with one attached hydrogen (secondary N) is 2. The van der Waals surface area contributed by atoms with Crippen molar-refractivity contribution in [2.45, 2.75) is 13.8 Å². The van der Waals surface area contributed by atoms with Gasteiger partial charge in [0.1, 0.15) is 0 Å². The van der Waals surface area contributed by atoms with E-state index in [1.807, 2.05) is 38.1 Å². The lowest BCUT2D eigenvalue weighted by Crippen LogP contribution is -3.15. The molecule has 0 radical (unpaired) electrons. The molecule has 3 rings (SSSR count). The Balaban J connectivity index is 1.52. The van der Waals surface area contributed by atoms with Crippen LogP contribution in [0, 0.1) is 13.8 Å². The maximum Gasteiger partial charge on any atom is 0.279 e. The van der Waals surface area contributed by atoms with Gasteiger partial charge >= 0.3 is 0 Å². The first kappa shape index (κ1) is 16.5. The molecule has 1 aliphatic rings. The van der Waals surface area contributed by atoms with E-state index in [1.54, 1.807) is 0 Å². The van der Waals surface area contributed by atoms with Crippen LogP contribution in [0.1, 0.15) is 11.1 Å². The molecule has 0 bridgehead atoms. The third-order valence-corrected chi connectivity index (χ3v) is 4.75. The van der Waals surface area contributed by atoms with Crippen molar-refractivity contribution >= 4 is 17.3 Å². The summed E-state index contributed by atoms with van der Waals surface area (Å²) in [4.78, 5) is 16.1. The second-order valence-electron chi connectivity index (χ2n) is 6.56. The topological polar surface area (TPSA) is 36.8 Å². The summed E-state index contributed by atoms with van der Waals surface area (Å²) in [6, 6.07) is 16.6. The van der Waals surface area contributed by atoms with Crippen LogP contribution in [0.15, 0.2) is 48.5 Å². The van der Waals surface area contributed by atoms with Crippen LogP contribution >= 0.6 is 0 Å². The molecule has 4 heteroatoms. The van der Waals surface area contributed by atoms with E-state index >= 15 is 0 Å². The minimum atomic E-state index is 0.107. The van der Waals surface area contributed by atoms with Crippen LogP contribution in [0.3, 0.4) is 0 Å². The smallest absolute Gasteiger partial charge is 0.279 e. The van der Waals surface area contributed by atoms with E-state index in [-0.39, 0.29) is 5.91 Å². The van der Waals surface area contributed by atoms with Crippen LogP contribution < -0.4 is 15.1 Å². The average molecular weight is 324 g/mol. The predicted octanol–water partition coefficient (Wildman–Crippen LogP) is 1.65. The van der Waals surface area contributed by atoms with Gasteiger partial charge in [0.25, 0.3) is 5.91 Å². The van der Waals surface area contributed by atoms with E-state index in [2.05, 4.69) is 34.5 Å². The number of hydrogen-bond acceptors (Lipinski definition) is 2. The van der Waals surface area contributed by atoms with Gasteiger partial charge in [-0.25, -0.2) is 0 Å². The van der Waals surface area contributed by atoms with Gasteiger partial charge in [0, 0.05) is 11.4 Å². The molecule has 24 heavy (non-hydrogen) atoms. The number of carbonyl (C=O) groups excluding carboxylic acids is 1. The van der Waals surface area contributed by atoms with Crippen molar-refractivity contribution in [3.05, 3.63) is 59.7 Å². The van der Waals surface area contributed by atoms with Gasteiger partial charge in [-0.3, -0.25) is 4.79 Å². The van der Waals surface area contributed by atoms with Gasteiger partial charge < -0.3 is 15.1 Å². The van der Waals surface area contributed by atoms with Gasteiger partial charge in [-0.1, -0.05) is 36.4 Å². The fourth-order valence-electron chi connectivity index (χ4n) is 3.32. The number of carbonyl (C=O) groups is 1. The Bertz CT molecular complexity index is 671. The zero-order valence-electron chi connectivity index (χ0n) is 14.5. The lowest BCUT2D eigenvalue weighted by Gasteiger charge is -2.33. The quantitative estimate of drug-likeness (QED) is 0.897. The molecule has 2 aromatic carbocycles. The highest BCUT2D eigenvalue weighted by Crippen LogP contribution is 2.19. The number of benzene rings is 2. The average Bonchev–Trinajstić information content (AvgIpc) is 2.60. The number of para-hydroxylation sites is 2. The molecule has 0 saturated carbocycles. The van der Waals surface area contributed by atoms with E-state index in [0.717, 1.165) is 43.0 Å². The van der Waals surface area contributed by atoms with E-state index in [4.69, 9.17) is 0 Å². The fourth-order valence-corrected chi connectivity index (χ4v) is 3.32. The SMILES string of the molecule is Cc1cccc(C)c1NC(=O)C[NH+]1CCN(c2ccccc2)CC1. The van der Waals surface area contributed by atoms with Crippen molar-refractivity contribution in [3.63, 3.8) is 0 Å². The Kier molecular flexibility index (Phi) is 5.16. The second kappa shape index (κ2) is 7.49. The molecular formula is C20H26N3O+. The molecule has 2 aromatic rings. The van der Waals surface area contributed by atoms with Gasteiger partial charge in [0.2, 0.25) is 0 Å². The van der Waals surface area contributed by atoms with Gasteiger partial charge in [-0.2, -0.15) is 0 Å². The van der Waals surface area contributed by atoms with Crippen molar-refractivity contribution < 1.29 is 9.69 Å². The number of anilines is 2. The van der Waals surface area contributed by atoms with Crippen molar-refractivity contribution in [1.29, 1.82) is 0 Å². The summed E-state index contributed by atoms with van der Waals surface area (Å²) in [6.07, 6.45) is 0. The van der Waals surface area contributed by atoms with E-state index in [1.165, 1.54) is 10.6 Å². The number of piperazine rings is 1. The monoisotopic (exact) mass is 324 g/mol. The molecule has 4 nitrogen and oxygen atoms in total. The van der Waals surface area contributed by atoms with Crippen molar-refractivity contribution in [2.75, 3.05) is 42.9 Å². The molecule has 0 atom stereocenters. The second-order valence-corrected chi connectivity index (χ2v) is 6.56. The standard InChI is InChI=1S/C20H25N3O/c1-16-7-6-8-17(2)20(16)21-19(24)15-22-11-13-23(14-12-22)18-9-4-3-5-10-18/h3-10H,11-15H2,1-2H3,(H,21,24)/p+1. The molecule has 1 fully saturated rings. The van der Waals surface area contributed by atoms with Gasteiger partial charge in [-0.15, -0.1) is 0 Å². The molecule has 2 N–H and O–H groups in total. The molecule has 0 spiro atoms. The van der Waals surface area contributed by atoms with Crippen LogP contribution in [0.2, 0.25) is 0 Å². The summed E-state index contributed by atoms with van der Waals surface area (Å²) in [6.45, 7) is 8.59. The number of aryl methyl sites for hydroxylation is 2. The Morgan fingerprint density at radius 2 is 1.62 bits per heavy atom. The molecule has 0 aliphatic carbocycles. The molecule has 1 heterocycles. The number of rotatable bonds is 4. The molecule has 126 valence electrons. The van der Waals surface area contributed by atoms with Gasteiger partial charge in [0.05, 0.1) is 26.2 Å². The zero-order chi connectivity index (χ0) is 16.9. The number of amides is 1. The highest BCUT2D eigenvalue weighted by molar-refractivity contribution is 5.93. The molecule has 1 amide bonds. The highest BCUT2D eigenvalue weighted by Gasteiger charge is 2.22. The lowest BCUT2D eigenvalue weighted by atomic mass is 10.1. The van der Waals surface area contributed by atoms with Crippen molar-refractivity contribution in [1.82, 2.24) is 0 Å². The maximum absolute atomic E-state index is 12.4. The number of hydrogen-bond donors (Lipinski definition) is 2. The summed E-state index contributed by atoms with van der Waals surface area (Å²) in [7, 11) is 0. The minimum Gasteiger partial charge on any atom is -0.360 e. The maximum atomic E-state index is 12.4. The van der Waals surface area contributed by atoms with Crippen molar-refractivity contribution in [3.8, 4) is 0 Å². The molecule has 0 aromatic heterocycles. The fraction of sp³-hybridized carbons (Fsp3) is 0.350. The van der Waals surface area contributed by atoms with Crippen LogP contribution in [-0.4, -0.2) is 38.6 Å². The van der Waals surface area contributed by atoms with Crippen molar-refractivity contribution in [2.24, 2.45) is 0 Å². The van der Waals surface area contributed by atoms with Crippen LogP contribution in [0.4, 0.5) is 11.4 Å². The van der Waals surface area contributed by atoms with E-state index in [9.17, 15) is 4.79 Å². The largest absolute Gasteiger partial charge is 0.360 e. The highest BCUT2D eigenvalue weighted by atomic mass is 16.2. The first-order valence-electron chi connectivity index (χ1n) is 8.63. The minimum absolute atomic E-state index is 0.107. The summed E-state index contributed by atoms with van der Waals surface area (Å²) in [5, 5.41) is 3.10. The Labute approximate surface area is 144 Å². The first-order chi connectivity index (χ1) is 11.6. The Morgan fingerprint density at radius 3 is 2.25 bits per heavy atom. The third-order valence-electron chi connectivity index (χ3n) is 4.75. The molecular weight excluding hydrogens is 298 g/mol. The summed E-state index contributed by atoms with van der Waals surface area (Å²) >= 11 is 0. The summed E-state index contributed by atoms with van der Waals surface area (Å²) in [5.74, 6) is 0.107.